The minimum Gasteiger partial charge on any atom is -0.496 e. The van der Waals surface area contributed by atoms with Crippen molar-refractivity contribution in [1.29, 1.82) is 5.26 Å². The summed E-state index contributed by atoms with van der Waals surface area (Å²) in [6.45, 7) is 4.77. The lowest BCUT2D eigenvalue weighted by atomic mass is 9.93. The van der Waals surface area contributed by atoms with Crippen LogP contribution in [-0.4, -0.2) is 32.6 Å². The van der Waals surface area contributed by atoms with Crippen LogP contribution in [0.1, 0.15) is 22.6 Å². The standard InChI is InChI=1S/C14H20N2O/c1-10-7-14(17-5)11(2)6-13(10)12(8-15)9-16(3)4/h6-7,12H,9H2,1-5H3. The van der Waals surface area contributed by atoms with Gasteiger partial charge in [0.05, 0.1) is 19.1 Å². The van der Waals surface area contributed by atoms with E-state index < -0.39 is 0 Å². The molecule has 3 nitrogen and oxygen atoms in total. The van der Waals surface area contributed by atoms with E-state index in [4.69, 9.17) is 4.74 Å². The minimum absolute atomic E-state index is 0.0883. The first-order valence-corrected chi connectivity index (χ1v) is 5.69. The van der Waals surface area contributed by atoms with E-state index in [-0.39, 0.29) is 5.92 Å². The van der Waals surface area contributed by atoms with Gasteiger partial charge in [-0.1, -0.05) is 6.07 Å². The van der Waals surface area contributed by atoms with Gasteiger partial charge in [-0.25, -0.2) is 0 Å². The Hall–Kier alpha value is -1.53. The zero-order valence-corrected chi connectivity index (χ0v) is 11.2. The first-order valence-electron chi connectivity index (χ1n) is 5.69. The second kappa shape index (κ2) is 5.70. The van der Waals surface area contributed by atoms with E-state index in [1.54, 1.807) is 7.11 Å². The van der Waals surface area contributed by atoms with Crippen LogP contribution in [0.25, 0.3) is 0 Å². The molecule has 1 atom stereocenters. The van der Waals surface area contributed by atoms with Gasteiger partial charge in [0.25, 0.3) is 0 Å². The van der Waals surface area contributed by atoms with Gasteiger partial charge in [0.15, 0.2) is 0 Å². The van der Waals surface area contributed by atoms with Crippen LogP contribution in [-0.2, 0) is 0 Å². The zero-order chi connectivity index (χ0) is 13.0. The molecule has 1 unspecified atom stereocenters. The van der Waals surface area contributed by atoms with Crippen LogP contribution in [0.5, 0.6) is 5.75 Å². The van der Waals surface area contributed by atoms with Crippen molar-refractivity contribution in [2.45, 2.75) is 19.8 Å². The first-order chi connectivity index (χ1) is 7.99. The molecule has 1 rings (SSSR count). The third-order valence-electron chi connectivity index (χ3n) is 2.86. The van der Waals surface area contributed by atoms with Crippen molar-refractivity contribution in [1.82, 2.24) is 4.90 Å². The summed E-state index contributed by atoms with van der Waals surface area (Å²) in [6.07, 6.45) is 0. The van der Waals surface area contributed by atoms with Crippen molar-refractivity contribution in [2.75, 3.05) is 27.7 Å². The van der Waals surface area contributed by atoms with Crippen molar-refractivity contribution >= 4 is 0 Å². The molecule has 0 spiro atoms. The number of methoxy groups -OCH3 is 1. The van der Waals surface area contributed by atoms with Crippen LogP contribution >= 0.6 is 0 Å². The Kier molecular flexibility index (Phi) is 4.53. The Balaban J connectivity index is 3.13. The Morgan fingerprint density at radius 2 is 1.94 bits per heavy atom. The maximum atomic E-state index is 9.26. The molecule has 1 aromatic carbocycles. The number of nitriles is 1. The average molecular weight is 232 g/mol. The van der Waals surface area contributed by atoms with Gasteiger partial charge >= 0.3 is 0 Å². The van der Waals surface area contributed by atoms with E-state index in [1.807, 2.05) is 38.9 Å². The van der Waals surface area contributed by atoms with E-state index in [1.165, 1.54) is 0 Å². The predicted octanol–water partition coefficient (Wildman–Crippen LogP) is 2.48. The molecule has 17 heavy (non-hydrogen) atoms. The molecule has 0 aliphatic heterocycles. The van der Waals surface area contributed by atoms with E-state index in [9.17, 15) is 5.26 Å². The molecule has 0 heterocycles. The summed E-state index contributed by atoms with van der Waals surface area (Å²) in [7, 11) is 5.63. The number of hydrogen-bond donors (Lipinski definition) is 0. The lowest BCUT2D eigenvalue weighted by Gasteiger charge is -2.18. The molecule has 0 amide bonds. The van der Waals surface area contributed by atoms with Crippen LogP contribution in [0.15, 0.2) is 12.1 Å². The fraction of sp³-hybridized carbons (Fsp3) is 0.500. The molecule has 0 aliphatic carbocycles. The third-order valence-corrected chi connectivity index (χ3v) is 2.86. The molecule has 0 saturated heterocycles. The molecular formula is C14H20N2O. The number of aryl methyl sites for hydroxylation is 2. The van der Waals surface area contributed by atoms with Gasteiger partial charge in [-0.15, -0.1) is 0 Å². The van der Waals surface area contributed by atoms with Crippen LogP contribution in [0, 0.1) is 25.2 Å². The highest BCUT2D eigenvalue weighted by Crippen LogP contribution is 2.27. The van der Waals surface area contributed by atoms with Gasteiger partial charge in [0, 0.05) is 6.54 Å². The summed E-state index contributed by atoms with van der Waals surface area (Å²) in [6, 6.07) is 6.44. The van der Waals surface area contributed by atoms with Crippen LogP contribution in [0.2, 0.25) is 0 Å². The maximum absolute atomic E-state index is 9.26. The number of rotatable bonds is 4. The third kappa shape index (κ3) is 3.21. The normalized spacial score (nSPS) is 12.3. The Morgan fingerprint density at radius 1 is 1.29 bits per heavy atom. The maximum Gasteiger partial charge on any atom is 0.122 e. The highest BCUT2D eigenvalue weighted by atomic mass is 16.5. The highest BCUT2D eigenvalue weighted by Gasteiger charge is 2.16. The number of benzene rings is 1. The van der Waals surface area contributed by atoms with Crippen molar-refractivity contribution < 1.29 is 4.74 Å². The lowest BCUT2D eigenvalue weighted by molar-refractivity contribution is 0.396. The Morgan fingerprint density at radius 3 is 2.41 bits per heavy atom. The second-order valence-corrected chi connectivity index (χ2v) is 4.62. The van der Waals surface area contributed by atoms with E-state index >= 15 is 0 Å². The molecule has 0 aliphatic rings. The molecule has 3 heteroatoms. The largest absolute Gasteiger partial charge is 0.496 e. The minimum atomic E-state index is -0.0883. The number of hydrogen-bond acceptors (Lipinski definition) is 3. The molecular weight excluding hydrogens is 212 g/mol. The molecule has 0 fully saturated rings. The molecule has 92 valence electrons. The second-order valence-electron chi connectivity index (χ2n) is 4.62. The van der Waals surface area contributed by atoms with Crippen LogP contribution < -0.4 is 4.74 Å². The van der Waals surface area contributed by atoms with Crippen LogP contribution in [0.4, 0.5) is 0 Å². The summed E-state index contributed by atoms with van der Waals surface area (Å²) < 4.78 is 5.28. The molecule has 0 radical (unpaired) electrons. The van der Waals surface area contributed by atoms with Crippen molar-refractivity contribution in [2.24, 2.45) is 0 Å². The predicted molar refractivity (Wildman–Crippen MR) is 69.4 cm³/mol. The smallest absolute Gasteiger partial charge is 0.122 e. The van der Waals surface area contributed by atoms with Gasteiger partial charge in [-0.05, 0) is 50.7 Å². The number of nitrogens with zero attached hydrogens (tertiary/aromatic N) is 2. The van der Waals surface area contributed by atoms with Gasteiger partial charge < -0.3 is 9.64 Å². The lowest BCUT2D eigenvalue weighted by Crippen LogP contribution is -2.20. The molecule has 0 saturated carbocycles. The highest BCUT2D eigenvalue weighted by molar-refractivity contribution is 5.44. The quantitative estimate of drug-likeness (QED) is 0.800. The van der Waals surface area contributed by atoms with Crippen molar-refractivity contribution in [3.05, 3.63) is 28.8 Å². The molecule has 0 N–H and O–H groups in total. The first kappa shape index (κ1) is 13.5. The van der Waals surface area contributed by atoms with Crippen LogP contribution in [0.3, 0.4) is 0 Å². The SMILES string of the molecule is COc1cc(C)c(C(C#N)CN(C)C)cc1C. The fourth-order valence-electron chi connectivity index (χ4n) is 1.98. The number of likely N-dealkylation sites (N-methyl/N-ethyl adjacent to an activating group) is 1. The number of ether oxygens (including phenoxy) is 1. The topological polar surface area (TPSA) is 36.3 Å². The summed E-state index contributed by atoms with van der Waals surface area (Å²) in [5.74, 6) is 0.794. The summed E-state index contributed by atoms with van der Waals surface area (Å²) >= 11 is 0. The molecule has 0 bridgehead atoms. The fourth-order valence-corrected chi connectivity index (χ4v) is 1.98. The van der Waals surface area contributed by atoms with Gasteiger partial charge in [-0.3, -0.25) is 0 Å². The summed E-state index contributed by atoms with van der Waals surface area (Å²) in [5, 5.41) is 9.26. The van der Waals surface area contributed by atoms with E-state index in [0.717, 1.165) is 29.0 Å². The van der Waals surface area contributed by atoms with E-state index in [2.05, 4.69) is 12.1 Å². The zero-order valence-electron chi connectivity index (χ0n) is 11.2. The molecule has 1 aromatic rings. The van der Waals surface area contributed by atoms with E-state index in [0.29, 0.717) is 0 Å². The monoisotopic (exact) mass is 232 g/mol. The van der Waals surface area contributed by atoms with Gasteiger partial charge in [-0.2, -0.15) is 5.26 Å². The summed E-state index contributed by atoms with van der Waals surface area (Å²) in [5.41, 5.74) is 3.28. The molecule has 0 aromatic heterocycles. The Labute approximate surface area is 104 Å². The average Bonchev–Trinajstić information content (AvgIpc) is 2.28. The van der Waals surface area contributed by atoms with Gasteiger partial charge in [0.1, 0.15) is 5.75 Å². The Bertz CT molecular complexity index is 433. The van der Waals surface area contributed by atoms with Gasteiger partial charge in [0.2, 0.25) is 0 Å². The summed E-state index contributed by atoms with van der Waals surface area (Å²) in [4.78, 5) is 2.03. The van der Waals surface area contributed by atoms with Crippen molar-refractivity contribution in [3.63, 3.8) is 0 Å². The van der Waals surface area contributed by atoms with Crippen molar-refractivity contribution in [3.8, 4) is 11.8 Å².